The average molecular weight is 427 g/mol. The molecule has 0 atom stereocenters. The van der Waals surface area contributed by atoms with Gasteiger partial charge in [-0.25, -0.2) is 0 Å². The molecule has 5 nitrogen and oxygen atoms in total. The van der Waals surface area contributed by atoms with Gasteiger partial charge in [0.25, 0.3) is 0 Å². The number of nitrogens with one attached hydrogen (secondary N) is 1. The highest BCUT2D eigenvalue weighted by Gasteiger charge is 2.07. The van der Waals surface area contributed by atoms with Gasteiger partial charge in [0.1, 0.15) is 0 Å². The number of rotatable bonds is 5. The second-order valence-electron chi connectivity index (χ2n) is 5.50. The monoisotopic (exact) mass is 427 g/mol. The zero-order valence-corrected chi connectivity index (χ0v) is 16.6. The maximum absolute atomic E-state index is 4.35. The number of nitrogens with zero attached hydrogens (tertiary/aromatic N) is 4. The summed E-state index contributed by atoms with van der Waals surface area (Å²) in [6.07, 6.45) is 4.93. The van der Waals surface area contributed by atoms with Crippen molar-refractivity contribution in [2.75, 3.05) is 20.6 Å². The van der Waals surface area contributed by atoms with E-state index in [1.54, 1.807) is 0 Å². The van der Waals surface area contributed by atoms with Crippen LogP contribution in [0.15, 0.2) is 41.7 Å². The molecule has 0 saturated heterocycles. The van der Waals surface area contributed by atoms with Gasteiger partial charge in [0.2, 0.25) is 0 Å². The van der Waals surface area contributed by atoms with Gasteiger partial charge in [-0.15, -0.1) is 24.0 Å². The summed E-state index contributed by atoms with van der Waals surface area (Å²) in [7, 11) is 5.93. The van der Waals surface area contributed by atoms with Crippen molar-refractivity contribution in [2.45, 2.75) is 19.9 Å². The lowest BCUT2D eigenvalue weighted by Gasteiger charge is -2.22. The first kappa shape index (κ1) is 19.5. The quantitative estimate of drug-likeness (QED) is 0.454. The van der Waals surface area contributed by atoms with Crippen molar-refractivity contribution in [3.63, 3.8) is 0 Å². The van der Waals surface area contributed by atoms with E-state index in [0.717, 1.165) is 31.2 Å². The Labute approximate surface area is 155 Å². The Morgan fingerprint density at radius 2 is 2.13 bits per heavy atom. The largest absolute Gasteiger partial charge is 0.356 e. The topological polar surface area (TPSA) is 45.5 Å². The molecule has 126 valence electrons. The van der Waals surface area contributed by atoms with E-state index >= 15 is 0 Å². The molecule has 2 aromatic rings. The third kappa shape index (κ3) is 5.85. The smallest absolute Gasteiger partial charge is 0.193 e. The SMILES string of the molecule is CN=C(NCCc1ccc(C)nc1)N(C)Cc1cccn1C.I. The van der Waals surface area contributed by atoms with E-state index in [1.807, 2.05) is 26.2 Å². The minimum atomic E-state index is 0. The number of guanidine groups is 1. The summed E-state index contributed by atoms with van der Waals surface area (Å²) < 4.78 is 2.13. The number of hydrogen-bond acceptors (Lipinski definition) is 2. The second kappa shape index (κ2) is 9.54. The van der Waals surface area contributed by atoms with Crippen LogP contribution in [0.4, 0.5) is 0 Å². The molecule has 0 bridgehead atoms. The molecule has 2 rings (SSSR count). The van der Waals surface area contributed by atoms with Crippen LogP contribution in [0, 0.1) is 6.92 Å². The van der Waals surface area contributed by atoms with Gasteiger partial charge in [-0.2, -0.15) is 0 Å². The van der Waals surface area contributed by atoms with Crippen LogP contribution in [0.5, 0.6) is 0 Å². The van der Waals surface area contributed by atoms with E-state index in [1.165, 1.54) is 11.3 Å². The molecule has 1 N–H and O–H groups in total. The molecule has 0 fully saturated rings. The number of aliphatic imine (C=N–C) groups is 1. The zero-order chi connectivity index (χ0) is 15.9. The molecule has 6 heteroatoms. The normalized spacial score (nSPS) is 11.0. The summed E-state index contributed by atoms with van der Waals surface area (Å²) in [5.74, 6) is 0.904. The van der Waals surface area contributed by atoms with Crippen LogP contribution >= 0.6 is 24.0 Å². The molecule has 0 aliphatic heterocycles. The van der Waals surface area contributed by atoms with Crippen molar-refractivity contribution in [1.82, 2.24) is 19.8 Å². The summed E-state index contributed by atoms with van der Waals surface area (Å²) in [5.41, 5.74) is 3.54. The molecule has 0 spiro atoms. The highest BCUT2D eigenvalue weighted by Crippen LogP contribution is 2.04. The number of aryl methyl sites for hydroxylation is 2. The van der Waals surface area contributed by atoms with Gasteiger partial charge in [-0.05, 0) is 37.1 Å². The van der Waals surface area contributed by atoms with E-state index in [-0.39, 0.29) is 24.0 Å². The molecule has 2 heterocycles. The van der Waals surface area contributed by atoms with Crippen molar-refractivity contribution in [1.29, 1.82) is 0 Å². The maximum atomic E-state index is 4.35. The van der Waals surface area contributed by atoms with Gasteiger partial charge in [-0.3, -0.25) is 9.98 Å². The van der Waals surface area contributed by atoms with Crippen molar-refractivity contribution in [3.05, 3.63) is 53.6 Å². The molecular weight excluding hydrogens is 401 g/mol. The fourth-order valence-corrected chi connectivity index (χ4v) is 2.33. The predicted octanol–water partition coefficient (Wildman–Crippen LogP) is 2.60. The summed E-state index contributed by atoms with van der Waals surface area (Å²) in [6.45, 7) is 3.67. The molecular formula is C17H26IN5. The molecule has 0 saturated carbocycles. The van der Waals surface area contributed by atoms with Crippen LogP contribution < -0.4 is 5.32 Å². The minimum Gasteiger partial charge on any atom is -0.356 e. The lowest BCUT2D eigenvalue weighted by Crippen LogP contribution is -2.39. The first-order valence-electron chi connectivity index (χ1n) is 7.53. The van der Waals surface area contributed by atoms with E-state index < -0.39 is 0 Å². The van der Waals surface area contributed by atoms with E-state index in [4.69, 9.17) is 0 Å². The predicted molar refractivity (Wildman–Crippen MR) is 106 cm³/mol. The zero-order valence-electron chi connectivity index (χ0n) is 14.3. The van der Waals surface area contributed by atoms with Crippen molar-refractivity contribution in [3.8, 4) is 0 Å². The van der Waals surface area contributed by atoms with E-state index in [2.05, 4.69) is 63.3 Å². The van der Waals surface area contributed by atoms with Crippen LogP contribution in [0.25, 0.3) is 0 Å². The van der Waals surface area contributed by atoms with Crippen LogP contribution in [0.3, 0.4) is 0 Å². The molecule has 0 aromatic carbocycles. The molecule has 0 unspecified atom stereocenters. The Morgan fingerprint density at radius 1 is 1.35 bits per heavy atom. The number of aromatic nitrogens is 2. The van der Waals surface area contributed by atoms with Gasteiger partial charge in [0.15, 0.2) is 5.96 Å². The van der Waals surface area contributed by atoms with Crippen LogP contribution in [-0.4, -0.2) is 41.1 Å². The Bertz CT molecular complexity index is 618. The first-order chi connectivity index (χ1) is 10.6. The van der Waals surface area contributed by atoms with Crippen LogP contribution in [0.2, 0.25) is 0 Å². The first-order valence-corrected chi connectivity index (χ1v) is 7.53. The standard InChI is InChI=1S/C17H25N5.HI/c1-14-7-8-15(12-20-14)9-10-19-17(18-2)22(4)13-16-6-5-11-21(16)3;/h5-8,11-12H,9-10,13H2,1-4H3,(H,18,19);1H. The third-order valence-corrected chi connectivity index (χ3v) is 3.69. The molecule has 2 aromatic heterocycles. The Kier molecular flexibility index (Phi) is 8.08. The van der Waals surface area contributed by atoms with Gasteiger partial charge in [-0.1, -0.05) is 6.07 Å². The highest BCUT2D eigenvalue weighted by atomic mass is 127. The maximum Gasteiger partial charge on any atom is 0.193 e. The summed E-state index contributed by atoms with van der Waals surface area (Å²) >= 11 is 0. The van der Waals surface area contributed by atoms with Gasteiger partial charge < -0.3 is 14.8 Å². The third-order valence-electron chi connectivity index (χ3n) is 3.69. The van der Waals surface area contributed by atoms with Gasteiger partial charge >= 0.3 is 0 Å². The summed E-state index contributed by atoms with van der Waals surface area (Å²) in [6, 6.07) is 8.36. The lowest BCUT2D eigenvalue weighted by atomic mass is 10.2. The summed E-state index contributed by atoms with van der Waals surface area (Å²) in [4.78, 5) is 10.8. The Morgan fingerprint density at radius 3 is 2.70 bits per heavy atom. The molecule has 0 aliphatic carbocycles. The number of halogens is 1. The van der Waals surface area contributed by atoms with Crippen LogP contribution in [0.1, 0.15) is 17.0 Å². The fourth-order valence-electron chi connectivity index (χ4n) is 2.33. The number of hydrogen-bond donors (Lipinski definition) is 1. The van der Waals surface area contributed by atoms with E-state index in [0.29, 0.717) is 0 Å². The van der Waals surface area contributed by atoms with Crippen LogP contribution in [-0.2, 0) is 20.0 Å². The van der Waals surface area contributed by atoms with Crippen molar-refractivity contribution >= 4 is 29.9 Å². The van der Waals surface area contributed by atoms with Gasteiger partial charge in [0, 0.05) is 51.5 Å². The highest BCUT2D eigenvalue weighted by molar-refractivity contribution is 14.0. The molecule has 0 radical (unpaired) electrons. The Balaban J connectivity index is 0.00000264. The lowest BCUT2D eigenvalue weighted by molar-refractivity contribution is 0.462. The molecule has 23 heavy (non-hydrogen) atoms. The second-order valence-corrected chi connectivity index (χ2v) is 5.50. The molecule has 0 aliphatic rings. The number of pyridine rings is 1. The minimum absolute atomic E-state index is 0. The fraction of sp³-hybridized carbons (Fsp3) is 0.412. The van der Waals surface area contributed by atoms with Crippen molar-refractivity contribution < 1.29 is 0 Å². The summed E-state index contributed by atoms with van der Waals surface area (Å²) in [5, 5.41) is 3.40. The average Bonchev–Trinajstić information content (AvgIpc) is 2.90. The van der Waals surface area contributed by atoms with E-state index in [9.17, 15) is 0 Å². The Hall–Kier alpha value is -1.57. The molecule has 0 amide bonds. The van der Waals surface area contributed by atoms with Gasteiger partial charge in [0.05, 0.1) is 6.54 Å². The van der Waals surface area contributed by atoms with Crippen molar-refractivity contribution in [2.24, 2.45) is 12.0 Å².